The summed E-state index contributed by atoms with van der Waals surface area (Å²) in [5.74, 6) is -2.68. The Morgan fingerprint density at radius 3 is 2.26 bits per heavy atom. The summed E-state index contributed by atoms with van der Waals surface area (Å²) in [5, 5.41) is 13.7. The van der Waals surface area contributed by atoms with E-state index in [0.29, 0.717) is 24.2 Å². The first-order valence-electron chi connectivity index (χ1n) is 15.1. The van der Waals surface area contributed by atoms with E-state index in [2.05, 4.69) is 26.6 Å². The zero-order valence-electron chi connectivity index (χ0n) is 25.3. The Bertz CT molecular complexity index is 1580. The van der Waals surface area contributed by atoms with Crippen LogP contribution in [0.5, 0.6) is 5.75 Å². The molecule has 6 rings (SSSR count). The van der Waals surface area contributed by atoms with E-state index in [9.17, 15) is 28.4 Å². The molecule has 1 fully saturated rings. The molecule has 0 aromatic heterocycles. The molecule has 1 saturated carbocycles. The number of ether oxygens (including phenoxy) is 1. The van der Waals surface area contributed by atoms with Gasteiger partial charge in [0.25, 0.3) is 5.91 Å². The second-order valence-electron chi connectivity index (χ2n) is 11.5. The summed E-state index contributed by atoms with van der Waals surface area (Å²) < 4.78 is 19.2. The van der Waals surface area contributed by atoms with Gasteiger partial charge in [-0.25, -0.2) is 4.39 Å². The van der Waals surface area contributed by atoms with Crippen LogP contribution in [0.15, 0.2) is 78.9 Å². The quantitative estimate of drug-likeness (QED) is 0.276. The molecule has 2 heterocycles. The lowest BCUT2D eigenvalue weighted by molar-refractivity contribution is -0.134. The highest BCUT2D eigenvalue weighted by atomic mass is 19.1. The maximum absolute atomic E-state index is 13.5. The standard InChI is InChI=1S/C34H36FN5O6/c1-21-29(41)38-28(19-22-5-3-2-4-6-22)32(44)40-34(15-16-34)33(45)36-17-18-46-26-13-7-23(8-14-26)20-27(31(43)37-21)39-30(42)24-9-11-25(35)12-10-24/h2-14,21,27-28H,15-20H2,1H3,(H,36,45)(H,37,43)(H,38,41)(H,39,42)(H,40,44)/t21-,27-,28+/m0/s1. The van der Waals surface area contributed by atoms with Crippen LogP contribution in [0.1, 0.15) is 41.3 Å². The molecule has 0 unspecified atom stereocenters. The topological polar surface area (TPSA) is 155 Å². The molecule has 12 heteroatoms. The maximum Gasteiger partial charge on any atom is 0.251 e. The average molecular weight is 630 g/mol. The van der Waals surface area contributed by atoms with Crippen LogP contribution >= 0.6 is 0 Å². The summed E-state index contributed by atoms with van der Waals surface area (Å²) >= 11 is 0. The van der Waals surface area contributed by atoms with Crippen LogP contribution in [-0.4, -0.2) is 66.4 Å². The Hall–Kier alpha value is -5.26. The molecule has 11 nitrogen and oxygen atoms in total. The van der Waals surface area contributed by atoms with Crippen LogP contribution < -0.4 is 31.3 Å². The van der Waals surface area contributed by atoms with Crippen LogP contribution in [0.25, 0.3) is 0 Å². The second-order valence-corrected chi connectivity index (χ2v) is 11.5. The van der Waals surface area contributed by atoms with E-state index in [1.54, 1.807) is 24.3 Å². The molecular formula is C34H36FN5O6. The molecule has 46 heavy (non-hydrogen) atoms. The predicted molar refractivity (Wildman–Crippen MR) is 166 cm³/mol. The van der Waals surface area contributed by atoms with Crippen molar-refractivity contribution in [2.45, 2.75) is 56.3 Å². The number of benzene rings is 3. The van der Waals surface area contributed by atoms with Crippen LogP contribution in [0.4, 0.5) is 4.39 Å². The molecule has 1 spiro atoms. The van der Waals surface area contributed by atoms with Gasteiger partial charge in [0.15, 0.2) is 0 Å². The van der Waals surface area contributed by atoms with E-state index in [-0.39, 0.29) is 37.5 Å². The Morgan fingerprint density at radius 1 is 0.891 bits per heavy atom. The van der Waals surface area contributed by atoms with Gasteiger partial charge >= 0.3 is 0 Å². The van der Waals surface area contributed by atoms with Gasteiger partial charge in [0.2, 0.25) is 23.6 Å². The van der Waals surface area contributed by atoms with Crippen molar-refractivity contribution in [3.05, 3.63) is 101 Å². The molecule has 0 radical (unpaired) electrons. The van der Waals surface area contributed by atoms with Crippen molar-refractivity contribution in [1.82, 2.24) is 26.6 Å². The fourth-order valence-electron chi connectivity index (χ4n) is 5.10. The van der Waals surface area contributed by atoms with Gasteiger partial charge in [-0.05, 0) is 67.3 Å². The number of halogens is 1. The van der Waals surface area contributed by atoms with Gasteiger partial charge in [0.05, 0.1) is 6.54 Å². The van der Waals surface area contributed by atoms with E-state index < -0.39 is 53.1 Å². The molecule has 1 aliphatic carbocycles. The van der Waals surface area contributed by atoms with Crippen LogP contribution in [-0.2, 0) is 32.0 Å². The van der Waals surface area contributed by atoms with Crippen LogP contribution in [0.3, 0.4) is 0 Å². The SMILES string of the molecule is C[C@@H]1NC(=O)[C@@H](NC(=O)c2ccc(F)cc2)Cc2ccc(cc2)OCCNC(=O)C2(CC2)NC(=O)[C@@H](Cc2ccccc2)NC1=O. The summed E-state index contributed by atoms with van der Waals surface area (Å²) in [6, 6.07) is 17.7. The van der Waals surface area contributed by atoms with Crippen LogP contribution in [0, 0.1) is 5.82 Å². The number of carbonyl (C=O) groups excluding carboxylic acids is 5. The fraction of sp³-hybridized carbons (Fsp3) is 0.324. The average Bonchev–Trinajstić information content (AvgIpc) is 3.83. The van der Waals surface area contributed by atoms with E-state index >= 15 is 0 Å². The third-order valence-electron chi connectivity index (χ3n) is 7.96. The van der Waals surface area contributed by atoms with Crippen LogP contribution in [0.2, 0.25) is 0 Å². The number of rotatable bonds is 4. The smallest absolute Gasteiger partial charge is 0.251 e. The largest absolute Gasteiger partial charge is 0.492 e. The first-order valence-corrected chi connectivity index (χ1v) is 15.1. The van der Waals surface area contributed by atoms with E-state index in [4.69, 9.17) is 4.74 Å². The number of fused-ring (bicyclic) bond motifs is 15. The summed E-state index contributed by atoms with van der Waals surface area (Å²) in [6.07, 6.45) is 1.13. The lowest BCUT2D eigenvalue weighted by Gasteiger charge is -2.25. The van der Waals surface area contributed by atoms with E-state index in [0.717, 1.165) is 17.7 Å². The van der Waals surface area contributed by atoms with Gasteiger partial charge in [0.1, 0.15) is 41.8 Å². The lowest BCUT2D eigenvalue weighted by atomic mass is 10.0. The first kappa shape index (κ1) is 32.1. The summed E-state index contributed by atoms with van der Waals surface area (Å²) in [7, 11) is 0. The van der Waals surface area contributed by atoms with Crippen molar-refractivity contribution in [1.29, 1.82) is 0 Å². The zero-order valence-corrected chi connectivity index (χ0v) is 25.3. The Kier molecular flexibility index (Phi) is 9.94. The zero-order chi connectivity index (χ0) is 32.7. The van der Waals surface area contributed by atoms with E-state index in [1.807, 2.05) is 30.3 Å². The maximum atomic E-state index is 13.5. The Balaban J connectivity index is 1.39. The molecule has 5 N–H and O–H groups in total. The van der Waals surface area contributed by atoms with Crippen molar-refractivity contribution in [2.24, 2.45) is 0 Å². The third kappa shape index (κ3) is 8.26. The summed E-state index contributed by atoms with van der Waals surface area (Å²) in [5.41, 5.74) is 0.567. The van der Waals surface area contributed by atoms with Gasteiger partial charge < -0.3 is 31.3 Å². The molecule has 3 aliphatic rings. The molecule has 2 bridgehead atoms. The third-order valence-corrected chi connectivity index (χ3v) is 7.96. The number of carbonyl (C=O) groups is 5. The van der Waals surface area contributed by atoms with Crippen molar-refractivity contribution >= 4 is 29.5 Å². The van der Waals surface area contributed by atoms with Crippen molar-refractivity contribution in [3.63, 3.8) is 0 Å². The molecule has 3 aromatic rings. The molecule has 0 saturated heterocycles. The summed E-state index contributed by atoms with van der Waals surface area (Å²) in [6.45, 7) is 1.85. The second kappa shape index (κ2) is 14.2. The molecule has 2 aliphatic heterocycles. The monoisotopic (exact) mass is 629 g/mol. The van der Waals surface area contributed by atoms with Gasteiger partial charge in [-0.15, -0.1) is 0 Å². The van der Waals surface area contributed by atoms with Gasteiger partial charge in [-0.1, -0.05) is 42.5 Å². The highest BCUT2D eigenvalue weighted by Gasteiger charge is 2.51. The number of hydrogen-bond acceptors (Lipinski definition) is 6. The van der Waals surface area contributed by atoms with Crippen molar-refractivity contribution < 1.29 is 33.1 Å². The molecule has 3 atom stereocenters. The van der Waals surface area contributed by atoms with Crippen molar-refractivity contribution in [3.8, 4) is 5.75 Å². The number of amides is 5. The number of hydrogen-bond donors (Lipinski definition) is 5. The molecule has 240 valence electrons. The first-order chi connectivity index (χ1) is 22.1. The number of nitrogens with one attached hydrogen (secondary N) is 5. The minimum Gasteiger partial charge on any atom is -0.492 e. The lowest BCUT2D eigenvalue weighted by Crippen LogP contribution is -2.59. The molecule has 3 aromatic carbocycles. The highest BCUT2D eigenvalue weighted by Crippen LogP contribution is 2.35. The Morgan fingerprint density at radius 2 is 1.59 bits per heavy atom. The highest BCUT2D eigenvalue weighted by molar-refractivity contribution is 5.99. The van der Waals surface area contributed by atoms with E-state index in [1.165, 1.54) is 19.1 Å². The van der Waals surface area contributed by atoms with Crippen molar-refractivity contribution in [2.75, 3.05) is 13.2 Å². The Labute approximate surface area is 265 Å². The van der Waals surface area contributed by atoms with Gasteiger partial charge in [-0.3, -0.25) is 24.0 Å². The van der Waals surface area contributed by atoms with Gasteiger partial charge in [0, 0.05) is 18.4 Å². The molecular weight excluding hydrogens is 593 g/mol. The normalized spacial score (nSPS) is 22.0. The summed E-state index contributed by atoms with van der Waals surface area (Å²) in [4.78, 5) is 66.4. The minimum absolute atomic E-state index is 0.0740. The van der Waals surface area contributed by atoms with Gasteiger partial charge in [-0.2, -0.15) is 0 Å². The minimum atomic E-state index is -1.10. The predicted octanol–water partition coefficient (Wildman–Crippen LogP) is 1.56. The molecule has 5 amide bonds. The fourth-order valence-corrected chi connectivity index (χ4v) is 5.10.